The quantitative estimate of drug-likeness (QED) is 0.817. The third-order valence-corrected chi connectivity index (χ3v) is 3.77. The predicted molar refractivity (Wildman–Crippen MR) is 73.3 cm³/mol. The fourth-order valence-electron chi connectivity index (χ4n) is 1.95. The molecule has 7 heteroatoms. The number of hydrogen-bond acceptors (Lipinski definition) is 4. The molecule has 0 aliphatic rings. The molecule has 19 heavy (non-hydrogen) atoms. The third-order valence-electron chi connectivity index (χ3n) is 2.80. The van der Waals surface area contributed by atoms with Gasteiger partial charge in [0, 0.05) is 18.8 Å². The summed E-state index contributed by atoms with van der Waals surface area (Å²) in [6, 6.07) is 4.75. The second-order valence-corrected chi connectivity index (χ2v) is 5.73. The Morgan fingerprint density at radius 2 is 2.11 bits per heavy atom. The Morgan fingerprint density at radius 1 is 1.37 bits per heavy atom. The van der Waals surface area contributed by atoms with Gasteiger partial charge in [-0.2, -0.15) is 0 Å². The lowest BCUT2D eigenvalue weighted by molar-refractivity contribution is 0.598. The summed E-state index contributed by atoms with van der Waals surface area (Å²) in [5.74, 6) is 0.834. The average Bonchev–Trinajstić information content (AvgIpc) is 2.76. The van der Waals surface area contributed by atoms with E-state index in [4.69, 9.17) is 10.9 Å². The molecule has 2 aromatic rings. The minimum Gasteiger partial charge on any atom is -0.396 e. The second-order valence-electron chi connectivity index (χ2n) is 4.20. The van der Waals surface area contributed by atoms with Gasteiger partial charge in [-0.15, -0.1) is 0 Å². The highest BCUT2D eigenvalue weighted by molar-refractivity contribution is 7.89. The second kappa shape index (κ2) is 5.02. The van der Waals surface area contributed by atoms with Crippen LogP contribution in [0.4, 0.5) is 5.69 Å². The Bertz CT molecular complexity index is 692. The van der Waals surface area contributed by atoms with Gasteiger partial charge in [0.1, 0.15) is 10.7 Å². The van der Waals surface area contributed by atoms with E-state index in [1.54, 1.807) is 29.1 Å². The molecule has 0 aliphatic carbocycles. The molecule has 6 nitrogen and oxygen atoms in total. The molecule has 2 rings (SSSR count). The van der Waals surface area contributed by atoms with Crippen LogP contribution in [0.1, 0.15) is 19.2 Å². The first-order valence-electron chi connectivity index (χ1n) is 5.89. The maximum atomic E-state index is 11.5. The maximum absolute atomic E-state index is 11.5. The molecule has 0 saturated heterocycles. The fraction of sp³-hybridized carbons (Fsp3) is 0.250. The van der Waals surface area contributed by atoms with Crippen molar-refractivity contribution in [3.8, 4) is 5.69 Å². The van der Waals surface area contributed by atoms with Crippen molar-refractivity contribution in [2.75, 3.05) is 5.73 Å². The van der Waals surface area contributed by atoms with Crippen LogP contribution in [0.15, 0.2) is 35.5 Å². The van der Waals surface area contributed by atoms with Gasteiger partial charge in [0.2, 0.25) is 10.0 Å². The largest absolute Gasteiger partial charge is 0.396 e. The van der Waals surface area contributed by atoms with Crippen molar-refractivity contribution in [1.29, 1.82) is 0 Å². The Labute approximate surface area is 112 Å². The number of nitrogens with two attached hydrogens (primary N) is 2. The smallest absolute Gasteiger partial charge is 0.240 e. The molecule has 0 fully saturated rings. The zero-order valence-electron chi connectivity index (χ0n) is 10.6. The Kier molecular flexibility index (Phi) is 3.59. The molecule has 4 N–H and O–H groups in total. The highest BCUT2D eigenvalue weighted by Gasteiger charge is 2.16. The number of imidazole rings is 1. The lowest BCUT2D eigenvalue weighted by Crippen LogP contribution is -2.16. The van der Waals surface area contributed by atoms with Crippen molar-refractivity contribution in [3.05, 3.63) is 36.4 Å². The van der Waals surface area contributed by atoms with Crippen LogP contribution in [0, 0.1) is 0 Å². The number of benzene rings is 1. The summed E-state index contributed by atoms with van der Waals surface area (Å²) in [6.45, 7) is 2.04. The number of para-hydroxylation sites is 1. The summed E-state index contributed by atoms with van der Waals surface area (Å²) >= 11 is 0. The van der Waals surface area contributed by atoms with Crippen LogP contribution < -0.4 is 10.9 Å². The summed E-state index contributed by atoms with van der Waals surface area (Å²) in [6.07, 6.45) is 5.13. The Balaban J connectivity index is 2.61. The van der Waals surface area contributed by atoms with Gasteiger partial charge < -0.3 is 10.3 Å². The van der Waals surface area contributed by atoms with Crippen LogP contribution in [-0.2, 0) is 16.4 Å². The summed E-state index contributed by atoms with van der Waals surface area (Å²) in [5, 5.41) is 5.14. The van der Waals surface area contributed by atoms with E-state index in [2.05, 4.69) is 4.98 Å². The normalized spacial score (nSPS) is 11.7. The molecule has 0 bridgehead atoms. The van der Waals surface area contributed by atoms with Crippen molar-refractivity contribution in [1.82, 2.24) is 9.55 Å². The zero-order valence-corrected chi connectivity index (χ0v) is 11.4. The van der Waals surface area contributed by atoms with Crippen LogP contribution in [0.5, 0.6) is 0 Å². The number of nitrogen functional groups attached to an aromatic ring is 1. The van der Waals surface area contributed by atoms with Gasteiger partial charge in [-0.1, -0.05) is 13.0 Å². The summed E-state index contributed by atoms with van der Waals surface area (Å²) in [7, 11) is -3.83. The van der Waals surface area contributed by atoms with Gasteiger partial charge in [-0.3, -0.25) is 0 Å². The molecule has 0 aliphatic heterocycles. The minimum absolute atomic E-state index is 0.0684. The van der Waals surface area contributed by atoms with E-state index < -0.39 is 10.0 Å². The monoisotopic (exact) mass is 280 g/mol. The lowest BCUT2D eigenvalue weighted by atomic mass is 10.2. The Hall–Kier alpha value is -1.86. The number of rotatable bonds is 4. The first-order valence-corrected chi connectivity index (χ1v) is 7.43. The van der Waals surface area contributed by atoms with E-state index in [0.717, 1.165) is 18.7 Å². The molecule has 0 radical (unpaired) electrons. The van der Waals surface area contributed by atoms with Gasteiger partial charge in [-0.05, 0) is 18.6 Å². The van der Waals surface area contributed by atoms with Crippen molar-refractivity contribution in [2.45, 2.75) is 24.7 Å². The van der Waals surface area contributed by atoms with Gasteiger partial charge in [0.05, 0.1) is 11.4 Å². The van der Waals surface area contributed by atoms with Crippen LogP contribution in [0.3, 0.4) is 0 Å². The molecule has 1 aromatic carbocycles. The van der Waals surface area contributed by atoms with E-state index in [9.17, 15) is 8.42 Å². The number of anilines is 1. The molecular formula is C12H16N4O2S. The van der Waals surface area contributed by atoms with Crippen molar-refractivity contribution in [2.24, 2.45) is 5.14 Å². The highest BCUT2D eigenvalue weighted by atomic mass is 32.2. The summed E-state index contributed by atoms with van der Waals surface area (Å²) < 4.78 is 24.7. The standard InChI is InChI=1S/C12H16N4O2S/c1-2-4-11-15-7-8-16(11)9-5-3-6-10(12(9)13)19(14,17)18/h3,5-8H,2,4,13H2,1H3,(H2,14,17,18). The predicted octanol–water partition coefficient (Wildman–Crippen LogP) is 1.05. The summed E-state index contributed by atoms with van der Waals surface area (Å²) in [5.41, 5.74) is 6.63. The van der Waals surface area contributed by atoms with E-state index >= 15 is 0 Å². The van der Waals surface area contributed by atoms with E-state index in [1.165, 1.54) is 6.07 Å². The van der Waals surface area contributed by atoms with Crippen LogP contribution >= 0.6 is 0 Å². The molecule has 0 spiro atoms. The molecule has 0 unspecified atom stereocenters. The van der Waals surface area contributed by atoms with Crippen molar-refractivity contribution in [3.63, 3.8) is 0 Å². The van der Waals surface area contributed by atoms with Crippen LogP contribution in [-0.4, -0.2) is 18.0 Å². The molecule has 0 saturated carbocycles. The van der Waals surface area contributed by atoms with E-state index in [-0.39, 0.29) is 10.6 Å². The number of nitrogens with zero attached hydrogens (tertiary/aromatic N) is 2. The average molecular weight is 280 g/mol. The van der Waals surface area contributed by atoms with Crippen LogP contribution in [0.2, 0.25) is 0 Å². The SMILES string of the molecule is CCCc1nccn1-c1cccc(S(N)(=O)=O)c1N. The maximum Gasteiger partial charge on any atom is 0.240 e. The van der Waals surface area contributed by atoms with Gasteiger partial charge in [0.15, 0.2) is 0 Å². The lowest BCUT2D eigenvalue weighted by Gasteiger charge is -2.12. The minimum atomic E-state index is -3.83. The zero-order chi connectivity index (χ0) is 14.0. The molecule has 0 atom stereocenters. The fourth-order valence-corrected chi connectivity index (χ4v) is 2.63. The number of sulfonamides is 1. The molecule has 102 valence electrons. The number of aryl methyl sites for hydroxylation is 1. The third kappa shape index (κ3) is 2.61. The molecule has 0 amide bonds. The topological polar surface area (TPSA) is 104 Å². The molecular weight excluding hydrogens is 264 g/mol. The first-order chi connectivity index (χ1) is 8.95. The number of primary sulfonamides is 1. The highest BCUT2D eigenvalue weighted by Crippen LogP contribution is 2.25. The molecule has 1 heterocycles. The van der Waals surface area contributed by atoms with E-state index in [0.29, 0.717) is 5.69 Å². The van der Waals surface area contributed by atoms with Crippen LogP contribution in [0.25, 0.3) is 5.69 Å². The number of aromatic nitrogens is 2. The summed E-state index contributed by atoms with van der Waals surface area (Å²) in [4.78, 5) is 4.17. The Morgan fingerprint density at radius 3 is 2.74 bits per heavy atom. The van der Waals surface area contributed by atoms with E-state index in [1.807, 2.05) is 6.92 Å². The molecule has 1 aromatic heterocycles. The van der Waals surface area contributed by atoms with Crippen molar-refractivity contribution >= 4 is 15.7 Å². The first kappa shape index (κ1) is 13.6. The van der Waals surface area contributed by atoms with Gasteiger partial charge >= 0.3 is 0 Å². The van der Waals surface area contributed by atoms with Crippen molar-refractivity contribution < 1.29 is 8.42 Å². The van der Waals surface area contributed by atoms with Gasteiger partial charge in [0.25, 0.3) is 0 Å². The van der Waals surface area contributed by atoms with Gasteiger partial charge in [-0.25, -0.2) is 18.5 Å². The number of hydrogen-bond donors (Lipinski definition) is 2.